The molecule has 0 unspecified atom stereocenters. The Balaban J connectivity index is 1.50. The van der Waals surface area contributed by atoms with E-state index < -0.39 is 40.2 Å². The Morgan fingerprint density at radius 2 is 1.74 bits per heavy atom. The Kier molecular flexibility index (Phi) is 7.40. The van der Waals surface area contributed by atoms with E-state index in [1.54, 1.807) is 6.07 Å². The lowest BCUT2D eigenvalue weighted by molar-refractivity contribution is -0.152. The number of nitrogens with one attached hydrogen (secondary N) is 1. The summed E-state index contributed by atoms with van der Waals surface area (Å²) in [5, 5.41) is 2.73. The summed E-state index contributed by atoms with van der Waals surface area (Å²) < 4.78 is 45.5. The van der Waals surface area contributed by atoms with Crippen molar-refractivity contribution in [3.05, 3.63) is 59.9 Å². The molecule has 1 saturated heterocycles. The number of benzene rings is 2. The highest BCUT2D eigenvalue weighted by atomic mass is 32.2. The summed E-state index contributed by atoms with van der Waals surface area (Å²) in [6.07, 6.45) is 1.24. The van der Waals surface area contributed by atoms with Gasteiger partial charge in [0.1, 0.15) is 10.7 Å². The second-order valence-electron chi connectivity index (χ2n) is 7.28. The number of nitrogens with zero attached hydrogens (tertiary/aromatic N) is 1. The van der Waals surface area contributed by atoms with E-state index in [1.165, 1.54) is 22.5 Å². The molecule has 2 aromatic carbocycles. The van der Waals surface area contributed by atoms with Crippen LogP contribution in [0.1, 0.15) is 25.3 Å². The summed E-state index contributed by atoms with van der Waals surface area (Å²) in [4.78, 5) is 24.1. The van der Waals surface area contributed by atoms with Crippen molar-refractivity contribution >= 4 is 27.6 Å². The lowest BCUT2D eigenvalue weighted by Crippen LogP contribution is -2.41. The van der Waals surface area contributed by atoms with Crippen molar-refractivity contribution in [2.75, 3.05) is 25.0 Å². The average Bonchev–Trinajstić information content (AvgIpc) is 2.78. The van der Waals surface area contributed by atoms with Crippen molar-refractivity contribution in [1.29, 1.82) is 0 Å². The molecule has 1 N–H and O–H groups in total. The minimum Gasteiger partial charge on any atom is -0.455 e. The standard InChI is InChI=1S/C22H25FN2O5S/c1-2-16-7-3-5-9-19(16)24-21(26)15-30-22(27)17-11-13-25(14-12-17)31(28,29)20-10-6-4-8-18(20)23/h3-10,17H,2,11-15H2,1H3,(H,24,26). The van der Waals surface area contributed by atoms with Crippen molar-refractivity contribution in [2.45, 2.75) is 31.1 Å². The van der Waals surface area contributed by atoms with Crippen LogP contribution in [-0.4, -0.2) is 44.3 Å². The molecule has 1 aliphatic rings. The van der Waals surface area contributed by atoms with Gasteiger partial charge in [-0.25, -0.2) is 12.8 Å². The molecular weight excluding hydrogens is 423 g/mol. The Morgan fingerprint density at radius 3 is 2.42 bits per heavy atom. The van der Waals surface area contributed by atoms with E-state index in [4.69, 9.17) is 4.74 Å². The van der Waals surface area contributed by atoms with Gasteiger partial charge in [-0.3, -0.25) is 9.59 Å². The van der Waals surface area contributed by atoms with Gasteiger partial charge in [0.05, 0.1) is 5.92 Å². The molecule has 31 heavy (non-hydrogen) atoms. The van der Waals surface area contributed by atoms with Gasteiger partial charge >= 0.3 is 5.97 Å². The summed E-state index contributed by atoms with van der Waals surface area (Å²) in [7, 11) is -3.97. The Morgan fingerprint density at radius 1 is 1.10 bits per heavy atom. The van der Waals surface area contributed by atoms with Crippen LogP contribution in [0, 0.1) is 11.7 Å². The molecule has 0 atom stereocenters. The zero-order valence-corrected chi connectivity index (χ0v) is 18.0. The highest BCUT2D eigenvalue weighted by Gasteiger charge is 2.34. The number of esters is 1. The fourth-order valence-electron chi connectivity index (χ4n) is 3.52. The first-order chi connectivity index (χ1) is 14.8. The fourth-order valence-corrected chi connectivity index (χ4v) is 5.05. The number of halogens is 1. The van der Waals surface area contributed by atoms with Crippen molar-refractivity contribution in [3.8, 4) is 0 Å². The van der Waals surface area contributed by atoms with Gasteiger partial charge in [0, 0.05) is 18.8 Å². The van der Waals surface area contributed by atoms with Gasteiger partial charge < -0.3 is 10.1 Å². The number of rotatable bonds is 7. The van der Waals surface area contributed by atoms with Crippen LogP contribution in [0.5, 0.6) is 0 Å². The van der Waals surface area contributed by atoms with E-state index in [0.717, 1.165) is 18.1 Å². The highest BCUT2D eigenvalue weighted by molar-refractivity contribution is 7.89. The zero-order valence-electron chi connectivity index (χ0n) is 17.2. The molecule has 0 bridgehead atoms. The molecule has 7 nitrogen and oxygen atoms in total. The molecule has 1 heterocycles. The molecule has 166 valence electrons. The first-order valence-corrected chi connectivity index (χ1v) is 11.6. The quantitative estimate of drug-likeness (QED) is 0.658. The molecule has 0 aliphatic carbocycles. The van der Waals surface area contributed by atoms with E-state index in [1.807, 2.05) is 25.1 Å². The van der Waals surface area contributed by atoms with E-state index >= 15 is 0 Å². The number of para-hydroxylation sites is 1. The van der Waals surface area contributed by atoms with Crippen molar-refractivity contribution in [1.82, 2.24) is 4.31 Å². The van der Waals surface area contributed by atoms with Crippen LogP contribution < -0.4 is 5.32 Å². The molecule has 3 rings (SSSR count). The maximum absolute atomic E-state index is 13.9. The van der Waals surface area contributed by atoms with Crippen molar-refractivity contribution in [3.63, 3.8) is 0 Å². The van der Waals surface area contributed by atoms with Crippen LogP contribution in [0.3, 0.4) is 0 Å². The molecule has 0 radical (unpaired) electrons. The monoisotopic (exact) mass is 448 g/mol. The third kappa shape index (κ3) is 5.48. The number of ether oxygens (including phenoxy) is 1. The van der Waals surface area contributed by atoms with Crippen LogP contribution >= 0.6 is 0 Å². The molecule has 0 saturated carbocycles. The Hall–Kier alpha value is -2.78. The summed E-state index contributed by atoms with van der Waals surface area (Å²) in [6, 6.07) is 12.6. The maximum Gasteiger partial charge on any atom is 0.309 e. The number of anilines is 1. The number of piperidine rings is 1. The second-order valence-corrected chi connectivity index (χ2v) is 9.18. The number of aryl methyl sites for hydroxylation is 1. The first-order valence-electron chi connectivity index (χ1n) is 10.1. The molecular formula is C22H25FN2O5S. The van der Waals surface area contributed by atoms with Crippen LogP contribution in [0.25, 0.3) is 0 Å². The van der Waals surface area contributed by atoms with Gasteiger partial charge in [-0.1, -0.05) is 37.3 Å². The lowest BCUT2D eigenvalue weighted by atomic mass is 9.98. The molecule has 1 amide bonds. The minimum absolute atomic E-state index is 0.0759. The molecule has 9 heteroatoms. The zero-order chi connectivity index (χ0) is 22.4. The minimum atomic E-state index is -3.97. The summed E-state index contributed by atoms with van der Waals surface area (Å²) in [5.74, 6) is -2.29. The number of hydrogen-bond donors (Lipinski definition) is 1. The van der Waals surface area contributed by atoms with Gasteiger partial charge in [-0.05, 0) is 43.0 Å². The highest BCUT2D eigenvalue weighted by Crippen LogP contribution is 2.26. The topological polar surface area (TPSA) is 92.8 Å². The number of amides is 1. The summed E-state index contributed by atoms with van der Waals surface area (Å²) in [5.41, 5.74) is 1.66. The van der Waals surface area contributed by atoms with Crippen LogP contribution in [-0.2, 0) is 30.8 Å². The second kappa shape index (κ2) is 10.0. The molecule has 0 spiro atoms. The summed E-state index contributed by atoms with van der Waals surface area (Å²) >= 11 is 0. The predicted molar refractivity (Wildman–Crippen MR) is 113 cm³/mol. The van der Waals surface area contributed by atoms with Gasteiger partial charge in [0.15, 0.2) is 6.61 Å². The van der Waals surface area contributed by atoms with Crippen LogP contribution in [0.2, 0.25) is 0 Å². The number of hydrogen-bond acceptors (Lipinski definition) is 5. The summed E-state index contributed by atoms with van der Waals surface area (Å²) in [6.45, 7) is 1.72. The number of sulfonamides is 1. The van der Waals surface area contributed by atoms with Gasteiger partial charge in [0.25, 0.3) is 5.91 Å². The smallest absolute Gasteiger partial charge is 0.309 e. The van der Waals surface area contributed by atoms with Crippen LogP contribution in [0.15, 0.2) is 53.4 Å². The van der Waals surface area contributed by atoms with Gasteiger partial charge in [0.2, 0.25) is 10.0 Å². The average molecular weight is 449 g/mol. The lowest BCUT2D eigenvalue weighted by Gasteiger charge is -2.30. The van der Waals surface area contributed by atoms with E-state index in [9.17, 15) is 22.4 Å². The third-order valence-electron chi connectivity index (χ3n) is 5.26. The molecule has 1 fully saturated rings. The fraction of sp³-hybridized carbons (Fsp3) is 0.364. The number of carbonyl (C=O) groups excluding carboxylic acids is 2. The SMILES string of the molecule is CCc1ccccc1NC(=O)COC(=O)C1CCN(S(=O)(=O)c2ccccc2F)CC1. The Labute approximate surface area is 181 Å². The van der Waals surface area contributed by atoms with Crippen molar-refractivity contribution in [2.24, 2.45) is 5.92 Å². The van der Waals surface area contributed by atoms with Crippen molar-refractivity contribution < 1.29 is 27.1 Å². The first kappa shape index (κ1) is 22.9. The maximum atomic E-state index is 13.9. The van der Waals surface area contributed by atoms with E-state index in [-0.39, 0.29) is 30.8 Å². The largest absolute Gasteiger partial charge is 0.455 e. The van der Waals surface area contributed by atoms with Gasteiger partial charge in [-0.15, -0.1) is 0 Å². The normalized spacial score (nSPS) is 15.4. The Bertz CT molecular complexity index is 1050. The van der Waals surface area contributed by atoms with E-state index in [2.05, 4.69) is 5.32 Å². The molecule has 0 aromatic heterocycles. The number of carbonyl (C=O) groups is 2. The third-order valence-corrected chi connectivity index (χ3v) is 7.19. The van der Waals surface area contributed by atoms with E-state index in [0.29, 0.717) is 5.69 Å². The van der Waals surface area contributed by atoms with Crippen LogP contribution in [0.4, 0.5) is 10.1 Å². The molecule has 1 aliphatic heterocycles. The van der Waals surface area contributed by atoms with Gasteiger partial charge in [-0.2, -0.15) is 4.31 Å². The predicted octanol–water partition coefficient (Wildman–Crippen LogP) is 2.97. The molecule has 2 aromatic rings.